The first kappa shape index (κ1) is 10.4. The van der Waals surface area contributed by atoms with Gasteiger partial charge in [0.1, 0.15) is 5.15 Å². The smallest absolute Gasteiger partial charge is 0.132 e. The minimum atomic E-state index is 0.184. The summed E-state index contributed by atoms with van der Waals surface area (Å²) in [7, 11) is 0. The number of aliphatic hydroxyl groups excluding tert-OH is 1. The number of aromatic nitrogens is 1. The highest BCUT2D eigenvalue weighted by atomic mass is 35.5. The van der Waals surface area contributed by atoms with Crippen LogP contribution >= 0.6 is 11.6 Å². The molecule has 0 saturated heterocycles. The Labute approximate surface area is 93.5 Å². The molecule has 1 aromatic carbocycles. The first-order valence-electron chi connectivity index (χ1n) is 4.96. The van der Waals surface area contributed by atoms with Crippen LogP contribution in [0.5, 0.6) is 0 Å². The Morgan fingerprint density at radius 2 is 2.07 bits per heavy atom. The molecule has 1 heterocycles. The molecule has 15 heavy (non-hydrogen) atoms. The molecule has 0 radical (unpaired) electrons. The molecule has 0 fully saturated rings. The van der Waals surface area contributed by atoms with Crippen molar-refractivity contribution in [1.29, 1.82) is 0 Å². The standard InChI is InChI=1S/C12H12ClNO/c13-12-10(5-3-7-15)8-9-4-1-2-6-11(9)14-12/h1-2,4,6,8,15H,3,5,7H2. The molecule has 78 valence electrons. The van der Waals surface area contributed by atoms with Gasteiger partial charge in [0.2, 0.25) is 0 Å². The van der Waals surface area contributed by atoms with E-state index in [-0.39, 0.29) is 6.61 Å². The van der Waals surface area contributed by atoms with Gasteiger partial charge < -0.3 is 5.11 Å². The number of aliphatic hydroxyl groups is 1. The lowest BCUT2D eigenvalue weighted by molar-refractivity contribution is 0.288. The zero-order valence-electron chi connectivity index (χ0n) is 8.28. The lowest BCUT2D eigenvalue weighted by Crippen LogP contribution is -1.93. The van der Waals surface area contributed by atoms with Crippen LogP contribution in [0.4, 0.5) is 0 Å². The summed E-state index contributed by atoms with van der Waals surface area (Å²) in [6.45, 7) is 0.184. The Morgan fingerprint density at radius 3 is 2.87 bits per heavy atom. The van der Waals surface area contributed by atoms with Gasteiger partial charge in [0, 0.05) is 12.0 Å². The van der Waals surface area contributed by atoms with Crippen molar-refractivity contribution in [2.75, 3.05) is 6.61 Å². The normalized spacial score (nSPS) is 10.8. The van der Waals surface area contributed by atoms with Crippen LogP contribution < -0.4 is 0 Å². The number of aryl methyl sites for hydroxylation is 1. The van der Waals surface area contributed by atoms with Gasteiger partial charge in [-0.05, 0) is 30.5 Å². The Kier molecular flexibility index (Phi) is 3.19. The molecular formula is C12H12ClNO. The van der Waals surface area contributed by atoms with Crippen LogP contribution in [0.25, 0.3) is 10.9 Å². The summed E-state index contributed by atoms with van der Waals surface area (Å²) >= 11 is 6.05. The van der Waals surface area contributed by atoms with E-state index in [9.17, 15) is 0 Å². The number of fused-ring (bicyclic) bond motifs is 1. The maximum Gasteiger partial charge on any atom is 0.132 e. The zero-order valence-corrected chi connectivity index (χ0v) is 9.04. The van der Waals surface area contributed by atoms with Gasteiger partial charge in [-0.2, -0.15) is 0 Å². The molecule has 0 spiro atoms. The third kappa shape index (κ3) is 2.28. The van der Waals surface area contributed by atoms with Gasteiger partial charge in [0.15, 0.2) is 0 Å². The van der Waals surface area contributed by atoms with Crippen LogP contribution in [-0.2, 0) is 6.42 Å². The Hall–Kier alpha value is -1.12. The zero-order chi connectivity index (χ0) is 10.7. The van der Waals surface area contributed by atoms with E-state index in [1.54, 1.807) is 0 Å². The molecule has 3 heteroatoms. The maximum absolute atomic E-state index is 8.77. The van der Waals surface area contributed by atoms with Crippen LogP contribution in [0.15, 0.2) is 30.3 Å². The number of nitrogens with zero attached hydrogens (tertiary/aromatic N) is 1. The summed E-state index contributed by atoms with van der Waals surface area (Å²) in [5.41, 5.74) is 1.92. The summed E-state index contributed by atoms with van der Waals surface area (Å²) < 4.78 is 0. The number of benzene rings is 1. The summed E-state index contributed by atoms with van der Waals surface area (Å²) in [4.78, 5) is 4.31. The third-order valence-electron chi connectivity index (χ3n) is 2.35. The average molecular weight is 222 g/mol. The van der Waals surface area contributed by atoms with Crippen molar-refractivity contribution in [2.24, 2.45) is 0 Å². The predicted molar refractivity (Wildman–Crippen MR) is 62.2 cm³/mol. The number of pyridine rings is 1. The highest BCUT2D eigenvalue weighted by molar-refractivity contribution is 6.30. The summed E-state index contributed by atoms with van der Waals surface area (Å²) in [5, 5.41) is 10.4. The molecule has 1 N–H and O–H groups in total. The molecule has 0 aliphatic heterocycles. The topological polar surface area (TPSA) is 33.1 Å². The molecular weight excluding hydrogens is 210 g/mol. The monoisotopic (exact) mass is 221 g/mol. The van der Waals surface area contributed by atoms with Crippen LogP contribution in [-0.4, -0.2) is 16.7 Å². The van der Waals surface area contributed by atoms with Crippen molar-refractivity contribution in [1.82, 2.24) is 4.98 Å². The quantitative estimate of drug-likeness (QED) is 0.809. The van der Waals surface area contributed by atoms with E-state index >= 15 is 0 Å². The minimum absolute atomic E-state index is 0.184. The second-order valence-electron chi connectivity index (χ2n) is 3.46. The largest absolute Gasteiger partial charge is 0.396 e. The van der Waals surface area contributed by atoms with E-state index in [2.05, 4.69) is 4.98 Å². The highest BCUT2D eigenvalue weighted by Gasteiger charge is 2.03. The number of hydrogen-bond acceptors (Lipinski definition) is 2. The molecule has 0 atom stereocenters. The van der Waals surface area contributed by atoms with Crippen LogP contribution in [0.3, 0.4) is 0 Å². The molecule has 0 saturated carbocycles. The summed E-state index contributed by atoms with van der Waals surface area (Å²) in [6.07, 6.45) is 1.49. The van der Waals surface area contributed by atoms with E-state index < -0.39 is 0 Å². The van der Waals surface area contributed by atoms with Crippen LogP contribution in [0.2, 0.25) is 5.15 Å². The molecule has 1 aromatic heterocycles. The van der Waals surface area contributed by atoms with Crippen molar-refractivity contribution in [2.45, 2.75) is 12.8 Å². The van der Waals surface area contributed by atoms with E-state index in [1.165, 1.54) is 0 Å². The molecule has 0 unspecified atom stereocenters. The summed E-state index contributed by atoms with van der Waals surface area (Å²) in [5.74, 6) is 0. The molecule has 0 aliphatic carbocycles. The second-order valence-corrected chi connectivity index (χ2v) is 3.82. The Balaban J connectivity index is 2.43. The molecule has 2 aromatic rings. The minimum Gasteiger partial charge on any atom is -0.396 e. The third-order valence-corrected chi connectivity index (χ3v) is 2.68. The fraction of sp³-hybridized carbons (Fsp3) is 0.250. The Bertz CT molecular complexity index is 470. The van der Waals surface area contributed by atoms with E-state index in [0.717, 1.165) is 29.3 Å². The van der Waals surface area contributed by atoms with E-state index in [4.69, 9.17) is 16.7 Å². The second kappa shape index (κ2) is 4.60. The van der Waals surface area contributed by atoms with Gasteiger partial charge in [-0.3, -0.25) is 0 Å². The highest BCUT2D eigenvalue weighted by Crippen LogP contribution is 2.21. The lowest BCUT2D eigenvalue weighted by Gasteiger charge is -2.04. The number of hydrogen-bond donors (Lipinski definition) is 1. The fourth-order valence-corrected chi connectivity index (χ4v) is 1.82. The van der Waals surface area contributed by atoms with Gasteiger partial charge in [0.25, 0.3) is 0 Å². The van der Waals surface area contributed by atoms with Crippen LogP contribution in [0.1, 0.15) is 12.0 Å². The first-order valence-corrected chi connectivity index (χ1v) is 5.34. The maximum atomic E-state index is 8.77. The van der Waals surface area contributed by atoms with Gasteiger partial charge in [-0.1, -0.05) is 29.8 Å². The number of rotatable bonds is 3. The molecule has 0 bridgehead atoms. The number of halogens is 1. The molecule has 0 amide bonds. The SMILES string of the molecule is OCCCc1cc2ccccc2nc1Cl. The average Bonchev–Trinajstić information content (AvgIpc) is 2.26. The van der Waals surface area contributed by atoms with Gasteiger partial charge >= 0.3 is 0 Å². The van der Waals surface area contributed by atoms with Crippen LogP contribution in [0, 0.1) is 0 Å². The van der Waals surface area contributed by atoms with Gasteiger partial charge in [-0.25, -0.2) is 4.98 Å². The molecule has 2 rings (SSSR count). The number of para-hydroxylation sites is 1. The van der Waals surface area contributed by atoms with Crippen molar-refractivity contribution in [3.63, 3.8) is 0 Å². The van der Waals surface area contributed by atoms with Gasteiger partial charge in [-0.15, -0.1) is 0 Å². The van der Waals surface area contributed by atoms with Crippen molar-refractivity contribution >= 4 is 22.5 Å². The van der Waals surface area contributed by atoms with E-state index in [1.807, 2.05) is 30.3 Å². The molecule has 0 aliphatic rings. The van der Waals surface area contributed by atoms with E-state index in [0.29, 0.717) is 5.15 Å². The first-order chi connectivity index (χ1) is 7.31. The van der Waals surface area contributed by atoms with Crippen molar-refractivity contribution in [3.8, 4) is 0 Å². The fourth-order valence-electron chi connectivity index (χ4n) is 1.58. The van der Waals surface area contributed by atoms with Crippen molar-refractivity contribution in [3.05, 3.63) is 41.0 Å². The predicted octanol–water partition coefficient (Wildman–Crippen LogP) is 2.81. The lowest BCUT2D eigenvalue weighted by atomic mass is 10.1. The summed E-state index contributed by atoms with van der Waals surface area (Å²) in [6, 6.07) is 9.92. The van der Waals surface area contributed by atoms with Gasteiger partial charge in [0.05, 0.1) is 5.52 Å². The molecule has 2 nitrogen and oxygen atoms in total. The Morgan fingerprint density at radius 1 is 1.27 bits per heavy atom. The van der Waals surface area contributed by atoms with Crippen molar-refractivity contribution < 1.29 is 5.11 Å².